The highest BCUT2D eigenvalue weighted by atomic mass is 79.9. The van der Waals surface area contributed by atoms with Gasteiger partial charge < -0.3 is 20.5 Å². The van der Waals surface area contributed by atoms with Gasteiger partial charge in [-0.05, 0) is 24.1 Å². The van der Waals surface area contributed by atoms with Crippen LogP contribution in [0, 0.1) is 5.92 Å². The number of amides is 2. The Morgan fingerprint density at radius 3 is 2.74 bits per heavy atom. The lowest BCUT2D eigenvalue weighted by Gasteiger charge is -2.16. The number of methoxy groups -OCH3 is 1. The van der Waals surface area contributed by atoms with Crippen molar-refractivity contribution in [2.45, 2.75) is 20.0 Å². The summed E-state index contributed by atoms with van der Waals surface area (Å²) in [7, 11) is 1.54. The molecule has 0 saturated heterocycles. The second kappa shape index (κ2) is 7.35. The number of aliphatic hydroxyl groups excluding tert-OH is 1. The highest BCUT2D eigenvalue weighted by Gasteiger charge is 2.12. The third-order valence-electron chi connectivity index (χ3n) is 2.65. The molecule has 106 valence electrons. The molecular formula is C13H19BrN2O3. The molecule has 0 aliphatic carbocycles. The summed E-state index contributed by atoms with van der Waals surface area (Å²) in [6.45, 7) is 3.99. The number of carbonyl (C=O) groups excluding carboxylic acids is 1. The van der Waals surface area contributed by atoms with Crippen LogP contribution in [-0.2, 0) is 0 Å². The van der Waals surface area contributed by atoms with Crippen molar-refractivity contribution in [2.75, 3.05) is 19.0 Å². The first kappa shape index (κ1) is 15.8. The summed E-state index contributed by atoms with van der Waals surface area (Å²) in [5.41, 5.74) is 0.563. The Bertz CT molecular complexity index is 438. The molecule has 1 atom stereocenters. The molecule has 1 aromatic rings. The van der Waals surface area contributed by atoms with Gasteiger partial charge in [-0.15, -0.1) is 0 Å². The summed E-state index contributed by atoms with van der Waals surface area (Å²) >= 11 is 3.33. The van der Waals surface area contributed by atoms with Crippen LogP contribution in [-0.4, -0.2) is 30.9 Å². The van der Waals surface area contributed by atoms with E-state index in [0.29, 0.717) is 11.4 Å². The molecule has 0 radical (unpaired) electrons. The minimum Gasteiger partial charge on any atom is -0.495 e. The molecule has 0 unspecified atom stereocenters. The quantitative estimate of drug-likeness (QED) is 0.777. The third-order valence-corrected chi connectivity index (χ3v) is 3.14. The fourth-order valence-corrected chi connectivity index (χ4v) is 1.74. The van der Waals surface area contributed by atoms with Crippen LogP contribution in [0.3, 0.4) is 0 Å². The molecule has 0 fully saturated rings. The zero-order chi connectivity index (χ0) is 14.4. The largest absolute Gasteiger partial charge is 0.495 e. The summed E-state index contributed by atoms with van der Waals surface area (Å²) in [6, 6.07) is 4.95. The van der Waals surface area contributed by atoms with E-state index in [1.54, 1.807) is 12.1 Å². The predicted molar refractivity (Wildman–Crippen MR) is 78.6 cm³/mol. The van der Waals surface area contributed by atoms with Crippen LogP contribution in [0.4, 0.5) is 10.5 Å². The van der Waals surface area contributed by atoms with Crippen LogP contribution in [0.15, 0.2) is 22.7 Å². The van der Waals surface area contributed by atoms with Crippen molar-refractivity contribution in [2.24, 2.45) is 5.92 Å². The minimum atomic E-state index is -0.560. The topological polar surface area (TPSA) is 70.6 Å². The molecule has 0 heterocycles. The molecule has 1 aromatic carbocycles. The van der Waals surface area contributed by atoms with E-state index in [1.165, 1.54) is 7.11 Å². The molecule has 2 amide bonds. The Hall–Kier alpha value is -1.27. The van der Waals surface area contributed by atoms with Crippen molar-refractivity contribution >= 4 is 27.6 Å². The fourth-order valence-electron chi connectivity index (χ4n) is 1.38. The minimum absolute atomic E-state index is 0.0979. The average Bonchev–Trinajstić information content (AvgIpc) is 2.36. The van der Waals surface area contributed by atoms with E-state index in [-0.39, 0.29) is 18.5 Å². The number of urea groups is 1. The van der Waals surface area contributed by atoms with Crippen molar-refractivity contribution in [3.05, 3.63) is 22.7 Å². The maximum atomic E-state index is 11.7. The summed E-state index contributed by atoms with van der Waals surface area (Å²) in [6.07, 6.45) is -0.560. The highest BCUT2D eigenvalue weighted by molar-refractivity contribution is 9.10. The molecule has 0 bridgehead atoms. The molecular weight excluding hydrogens is 312 g/mol. The van der Waals surface area contributed by atoms with Crippen LogP contribution < -0.4 is 15.4 Å². The summed E-state index contributed by atoms with van der Waals surface area (Å²) in [4.78, 5) is 11.7. The number of ether oxygens (including phenoxy) is 1. The zero-order valence-electron chi connectivity index (χ0n) is 11.2. The normalized spacial score (nSPS) is 12.1. The van der Waals surface area contributed by atoms with Crippen LogP contribution >= 0.6 is 15.9 Å². The van der Waals surface area contributed by atoms with Crippen molar-refractivity contribution in [1.82, 2.24) is 5.32 Å². The monoisotopic (exact) mass is 330 g/mol. The van der Waals surface area contributed by atoms with E-state index in [9.17, 15) is 9.90 Å². The maximum Gasteiger partial charge on any atom is 0.319 e. The standard InChI is InChI=1S/C13H19BrN2O3/c1-8(2)11(17)7-15-13(18)16-10-6-9(14)4-5-12(10)19-3/h4-6,8,11,17H,7H2,1-3H3,(H2,15,16,18)/t11-/m1/s1. The van der Waals surface area contributed by atoms with E-state index in [1.807, 2.05) is 19.9 Å². The Morgan fingerprint density at radius 2 is 2.16 bits per heavy atom. The van der Waals surface area contributed by atoms with Crippen LogP contribution in [0.1, 0.15) is 13.8 Å². The zero-order valence-corrected chi connectivity index (χ0v) is 12.8. The number of nitrogens with one attached hydrogen (secondary N) is 2. The molecule has 0 spiro atoms. The fraction of sp³-hybridized carbons (Fsp3) is 0.462. The number of aliphatic hydroxyl groups is 1. The molecule has 1 rings (SSSR count). The number of anilines is 1. The number of benzene rings is 1. The van der Waals surface area contributed by atoms with Gasteiger partial charge in [0, 0.05) is 11.0 Å². The van der Waals surface area contributed by atoms with Crippen LogP contribution in [0.25, 0.3) is 0 Å². The molecule has 3 N–H and O–H groups in total. The second-order valence-electron chi connectivity index (χ2n) is 4.49. The molecule has 19 heavy (non-hydrogen) atoms. The summed E-state index contributed by atoms with van der Waals surface area (Å²) in [5.74, 6) is 0.670. The lowest BCUT2D eigenvalue weighted by molar-refractivity contribution is 0.126. The Morgan fingerprint density at radius 1 is 1.47 bits per heavy atom. The summed E-state index contributed by atoms with van der Waals surface area (Å²) in [5, 5.41) is 14.9. The Kier molecular flexibility index (Phi) is 6.11. The lowest BCUT2D eigenvalue weighted by atomic mass is 10.1. The number of hydrogen-bond acceptors (Lipinski definition) is 3. The molecule has 0 aliphatic rings. The van der Waals surface area contributed by atoms with E-state index in [2.05, 4.69) is 26.6 Å². The Labute approximate surface area is 121 Å². The van der Waals surface area contributed by atoms with Gasteiger partial charge in [0.1, 0.15) is 5.75 Å². The first-order chi connectivity index (χ1) is 8.93. The van der Waals surface area contributed by atoms with Gasteiger partial charge in [0.2, 0.25) is 0 Å². The van der Waals surface area contributed by atoms with Crippen LogP contribution in [0.5, 0.6) is 5.75 Å². The Balaban J connectivity index is 2.59. The SMILES string of the molecule is COc1ccc(Br)cc1NC(=O)NC[C@@H](O)C(C)C. The average molecular weight is 331 g/mol. The summed E-state index contributed by atoms with van der Waals surface area (Å²) < 4.78 is 5.99. The van der Waals surface area contributed by atoms with Gasteiger partial charge >= 0.3 is 6.03 Å². The third kappa shape index (κ3) is 5.08. The molecule has 6 heteroatoms. The van der Waals surface area contributed by atoms with Crippen molar-refractivity contribution in [1.29, 1.82) is 0 Å². The number of rotatable bonds is 5. The van der Waals surface area contributed by atoms with Crippen molar-refractivity contribution in [3.63, 3.8) is 0 Å². The van der Waals surface area contributed by atoms with Gasteiger partial charge in [0.25, 0.3) is 0 Å². The molecule has 5 nitrogen and oxygen atoms in total. The molecule has 0 saturated carbocycles. The van der Waals surface area contributed by atoms with Gasteiger partial charge in [0.15, 0.2) is 0 Å². The number of carbonyl (C=O) groups is 1. The second-order valence-corrected chi connectivity index (χ2v) is 5.41. The molecule has 0 aromatic heterocycles. The van der Waals surface area contributed by atoms with Crippen molar-refractivity contribution < 1.29 is 14.6 Å². The van der Waals surface area contributed by atoms with E-state index in [0.717, 1.165) is 4.47 Å². The highest BCUT2D eigenvalue weighted by Crippen LogP contribution is 2.27. The maximum absolute atomic E-state index is 11.7. The smallest absolute Gasteiger partial charge is 0.319 e. The van der Waals surface area contributed by atoms with Gasteiger partial charge in [0.05, 0.1) is 18.9 Å². The van der Waals surface area contributed by atoms with E-state index in [4.69, 9.17) is 4.74 Å². The van der Waals surface area contributed by atoms with Gasteiger partial charge in [-0.1, -0.05) is 29.8 Å². The number of hydrogen-bond donors (Lipinski definition) is 3. The molecule has 0 aliphatic heterocycles. The van der Waals surface area contributed by atoms with E-state index >= 15 is 0 Å². The lowest BCUT2D eigenvalue weighted by Crippen LogP contribution is -2.37. The van der Waals surface area contributed by atoms with Gasteiger partial charge in [-0.3, -0.25) is 0 Å². The van der Waals surface area contributed by atoms with Crippen LogP contribution in [0.2, 0.25) is 0 Å². The first-order valence-corrected chi connectivity index (χ1v) is 6.79. The predicted octanol–water partition coefficient (Wildman–Crippen LogP) is 2.60. The van der Waals surface area contributed by atoms with E-state index < -0.39 is 6.10 Å². The van der Waals surface area contributed by atoms with Gasteiger partial charge in [-0.25, -0.2) is 4.79 Å². The number of halogens is 1. The van der Waals surface area contributed by atoms with Crippen molar-refractivity contribution in [3.8, 4) is 5.75 Å². The van der Waals surface area contributed by atoms with Gasteiger partial charge in [-0.2, -0.15) is 0 Å². The first-order valence-electron chi connectivity index (χ1n) is 6.00.